The summed E-state index contributed by atoms with van der Waals surface area (Å²) in [4.78, 5) is 24.1. The van der Waals surface area contributed by atoms with Gasteiger partial charge in [-0.25, -0.2) is 27.8 Å². The van der Waals surface area contributed by atoms with Gasteiger partial charge in [0.15, 0.2) is 5.82 Å². The van der Waals surface area contributed by atoms with Crippen molar-refractivity contribution in [1.82, 2.24) is 24.5 Å². The molecule has 1 atom stereocenters. The third-order valence-electron chi connectivity index (χ3n) is 7.12. The number of nitrogens with one attached hydrogen (secondary N) is 1. The number of aromatic nitrogens is 4. The number of anilines is 2. The van der Waals surface area contributed by atoms with E-state index in [0.29, 0.717) is 36.0 Å². The Hall–Kier alpha value is -3.67. The molecule has 1 spiro atoms. The minimum absolute atomic E-state index is 0. The third-order valence-corrected chi connectivity index (χ3v) is 8.50. The number of nitrogen functional groups attached to an aromatic ring is 1. The highest BCUT2D eigenvalue weighted by Crippen LogP contribution is 2.49. The van der Waals surface area contributed by atoms with Gasteiger partial charge in [-0.05, 0) is 61.8 Å². The van der Waals surface area contributed by atoms with E-state index in [-0.39, 0.29) is 26.1 Å². The van der Waals surface area contributed by atoms with Gasteiger partial charge >= 0.3 is 0 Å². The maximum absolute atomic E-state index is 13.5. The number of carbonyl (C=O) groups excluding carboxylic acids is 1. The Morgan fingerprint density at radius 3 is 2.76 bits per heavy atom. The number of amides is 1. The van der Waals surface area contributed by atoms with Crippen molar-refractivity contribution < 1.29 is 22.2 Å². The summed E-state index contributed by atoms with van der Waals surface area (Å²) >= 11 is 0. The quantitative estimate of drug-likeness (QED) is 0.430. The van der Waals surface area contributed by atoms with Crippen LogP contribution >= 0.6 is 0 Å². The molecule has 38 heavy (non-hydrogen) atoms. The van der Waals surface area contributed by atoms with Crippen LogP contribution in [0.3, 0.4) is 0 Å². The average Bonchev–Trinajstić information content (AvgIpc) is 3.47. The van der Waals surface area contributed by atoms with E-state index in [4.69, 9.17) is 15.5 Å². The largest absolute Gasteiger partial charge is 0.476 e. The minimum atomic E-state index is -4.25. The molecule has 0 bridgehead atoms. The smallest absolute Gasteiger partial charge is 0.268 e. The molecular weight excluding hydrogens is 506 g/mol. The zero-order chi connectivity index (χ0) is 27.1. The van der Waals surface area contributed by atoms with Crippen LogP contribution in [0.2, 0.25) is 0 Å². The highest BCUT2D eigenvalue weighted by atomic mass is 32.2. The zero-order valence-electron chi connectivity index (χ0n) is 21.8. The molecule has 3 N–H and O–H groups in total. The fraction of sp³-hybridized carbons (Fsp3) is 0.462. The van der Waals surface area contributed by atoms with Gasteiger partial charge < -0.3 is 15.4 Å². The van der Waals surface area contributed by atoms with Gasteiger partial charge in [-0.2, -0.15) is 0 Å². The number of hydrogen-bond donors (Lipinski definition) is 2. The lowest BCUT2D eigenvalue weighted by atomic mass is 9.73. The first kappa shape index (κ1) is 26.0. The lowest BCUT2D eigenvalue weighted by Gasteiger charge is -2.47. The summed E-state index contributed by atoms with van der Waals surface area (Å²) in [5.41, 5.74) is 5.86. The molecule has 1 saturated carbocycles. The van der Waals surface area contributed by atoms with Crippen LogP contribution < -0.4 is 20.1 Å². The van der Waals surface area contributed by atoms with Crippen LogP contribution in [0.1, 0.15) is 61.1 Å². The predicted octanol–water partition coefficient (Wildman–Crippen LogP) is 3.90. The Bertz CT molecular complexity index is 1460. The first-order valence-electron chi connectivity index (χ1n) is 12.8. The molecule has 2 fully saturated rings. The SMILES string of the molecule is CC(C)COc1ccn(-c2ccc(C(=O)NS(=O)(=O)c3cccnc3N)c(N3CC(C)CC34CCC4)n2)n1.[HH].[HH].[HH]. The summed E-state index contributed by atoms with van der Waals surface area (Å²) in [5, 5.41) is 4.49. The average molecular weight is 546 g/mol. The summed E-state index contributed by atoms with van der Waals surface area (Å²) in [7, 11) is -4.25. The number of hydrogen-bond acceptors (Lipinski definition) is 9. The van der Waals surface area contributed by atoms with Crippen LogP contribution in [-0.2, 0) is 10.0 Å². The molecule has 0 aromatic carbocycles. The second kappa shape index (κ2) is 9.90. The number of nitrogens with zero attached hydrogens (tertiary/aromatic N) is 5. The number of ether oxygens (including phenoxy) is 1. The fourth-order valence-corrected chi connectivity index (χ4v) is 6.32. The lowest BCUT2D eigenvalue weighted by molar-refractivity contribution is 0.0981. The molecule has 4 heterocycles. The maximum Gasteiger partial charge on any atom is 0.268 e. The number of carbonyl (C=O) groups is 1. The molecule has 11 nitrogen and oxygen atoms in total. The molecule has 1 unspecified atom stereocenters. The van der Waals surface area contributed by atoms with Crippen molar-refractivity contribution in [2.24, 2.45) is 11.8 Å². The number of sulfonamides is 1. The van der Waals surface area contributed by atoms with Crippen molar-refractivity contribution in [3.63, 3.8) is 0 Å². The molecule has 0 radical (unpaired) electrons. The van der Waals surface area contributed by atoms with Crippen molar-refractivity contribution in [1.29, 1.82) is 0 Å². The van der Waals surface area contributed by atoms with Gasteiger partial charge in [-0.3, -0.25) is 4.79 Å². The first-order valence-corrected chi connectivity index (χ1v) is 14.3. The van der Waals surface area contributed by atoms with Crippen molar-refractivity contribution in [3.05, 3.63) is 48.3 Å². The molecule has 208 valence electrons. The molecule has 3 aromatic heterocycles. The van der Waals surface area contributed by atoms with Crippen LogP contribution in [0.25, 0.3) is 5.82 Å². The van der Waals surface area contributed by atoms with Gasteiger partial charge in [0.1, 0.15) is 16.5 Å². The molecule has 12 heteroatoms. The predicted molar refractivity (Wildman–Crippen MR) is 149 cm³/mol. The van der Waals surface area contributed by atoms with E-state index in [1.165, 1.54) is 18.3 Å². The van der Waals surface area contributed by atoms with Crippen LogP contribution in [0.4, 0.5) is 11.6 Å². The van der Waals surface area contributed by atoms with Crippen LogP contribution in [0.15, 0.2) is 47.6 Å². The Morgan fingerprint density at radius 2 is 2.08 bits per heavy atom. The van der Waals surface area contributed by atoms with Crippen molar-refractivity contribution in [2.45, 2.75) is 56.9 Å². The van der Waals surface area contributed by atoms with Gasteiger partial charge in [0.25, 0.3) is 15.9 Å². The lowest BCUT2D eigenvalue weighted by Crippen LogP contribution is -2.50. The third kappa shape index (κ3) is 4.92. The molecule has 3 aromatic rings. The molecular formula is C26H39N7O4S. The van der Waals surface area contributed by atoms with E-state index in [1.807, 2.05) is 0 Å². The molecule has 2 aliphatic rings. The normalized spacial score (nSPS) is 18.5. The van der Waals surface area contributed by atoms with E-state index >= 15 is 0 Å². The van der Waals surface area contributed by atoms with Crippen LogP contribution in [0, 0.1) is 11.8 Å². The Balaban J connectivity index is 0.00000196. The molecule has 1 aliphatic heterocycles. The van der Waals surface area contributed by atoms with Gasteiger partial charge in [0.2, 0.25) is 5.88 Å². The monoisotopic (exact) mass is 545 g/mol. The Labute approximate surface area is 226 Å². The van der Waals surface area contributed by atoms with Crippen molar-refractivity contribution >= 4 is 27.6 Å². The van der Waals surface area contributed by atoms with Crippen molar-refractivity contribution in [2.75, 3.05) is 23.8 Å². The highest BCUT2D eigenvalue weighted by molar-refractivity contribution is 7.90. The van der Waals surface area contributed by atoms with E-state index in [0.717, 1.165) is 32.2 Å². The summed E-state index contributed by atoms with van der Waals surface area (Å²) < 4.78 is 35.5. The number of pyridine rings is 2. The Morgan fingerprint density at radius 1 is 1.29 bits per heavy atom. The number of rotatable bonds is 8. The number of nitrogens with two attached hydrogens (primary N) is 1. The summed E-state index contributed by atoms with van der Waals surface area (Å²) in [5.74, 6) is 1.24. The Kier molecular flexibility index (Phi) is 6.76. The van der Waals surface area contributed by atoms with Gasteiger partial charge in [0.05, 0.1) is 12.2 Å². The second-order valence-electron chi connectivity index (χ2n) is 10.7. The highest BCUT2D eigenvalue weighted by Gasteiger charge is 2.49. The molecule has 1 aliphatic carbocycles. The van der Waals surface area contributed by atoms with Crippen LogP contribution in [-0.4, -0.2) is 52.8 Å². The molecule has 1 amide bonds. The van der Waals surface area contributed by atoms with Gasteiger partial charge in [0, 0.05) is 34.8 Å². The van der Waals surface area contributed by atoms with E-state index in [1.54, 1.807) is 29.1 Å². The van der Waals surface area contributed by atoms with E-state index < -0.39 is 15.9 Å². The maximum atomic E-state index is 13.5. The topological polar surface area (TPSA) is 145 Å². The fourth-order valence-electron chi connectivity index (χ4n) is 5.27. The minimum Gasteiger partial charge on any atom is -0.476 e. The molecule has 5 rings (SSSR count). The first-order chi connectivity index (χ1) is 18.1. The van der Waals surface area contributed by atoms with Gasteiger partial charge in [-0.15, -0.1) is 5.10 Å². The summed E-state index contributed by atoms with van der Waals surface area (Å²) in [6, 6.07) is 7.77. The van der Waals surface area contributed by atoms with Gasteiger partial charge in [-0.1, -0.05) is 20.8 Å². The summed E-state index contributed by atoms with van der Waals surface area (Å²) in [6.07, 6.45) is 7.25. The van der Waals surface area contributed by atoms with Crippen molar-refractivity contribution in [3.8, 4) is 11.7 Å². The van der Waals surface area contributed by atoms with E-state index in [2.05, 4.69) is 40.5 Å². The molecule has 1 saturated heterocycles. The van der Waals surface area contributed by atoms with Crippen LogP contribution in [0.5, 0.6) is 5.88 Å². The zero-order valence-corrected chi connectivity index (χ0v) is 22.6. The summed E-state index contributed by atoms with van der Waals surface area (Å²) in [6.45, 7) is 7.57. The standard InChI is InChI=1S/C26H33N7O4S.3H2/c1-17(2)16-37-22-9-13-33(30-22)21-8-7-19(24(29-21)32-15-18(3)14-26(32)10-5-11-26)25(34)31-38(35,36)20-6-4-12-28-23(20)27;;;/h4,6-9,12-13,17-18H,5,10-11,14-16H2,1-3H3,(H2,27,28)(H,31,34);3*1H. The van der Waals surface area contributed by atoms with E-state index in [9.17, 15) is 13.2 Å². The second-order valence-corrected chi connectivity index (χ2v) is 12.3.